The van der Waals surface area contributed by atoms with Crippen molar-refractivity contribution in [1.29, 1.82) is 0 Å². The molecule has 1 aliphatic rings. The molecule has 0 amide bonds. The number of amidine groups is 1. The molecule has 0 saturated heterocycles. The standard InChI is InChI=1S/C14H14N2S2/c15-14-13-12(6-7-17-13)18-9-11(16-14)8-10-4-2-1-3-5-10/h1-7,11H,8-9H2,(H2,15,16)/t11-/m0/s1. The van der Waals surface area contributed by atoms with Gasteiger partial charge in [0.25, 0.3) is 0 Å². The Balaban J connectivity index is 1.80. The minimum absolute atomic E-state index is 0.275. The summed E-state index contributed by atoms with van der Waals surface area (Å²) in [6.07, 6.45) is 0.962. The summed E-state index contributed by atoms with van der Waals surface area (Å²) in [6, 6.07) is 12.9. The molecule has 4 heteroatoms. The van der Waals surface area contributed by atoms with Crippen molar-refractivity contribution in [3.05, 3.63) is 52.2 Å². The highest BCUT2D eigenvalue weighted by atomic mass is 32.2. The van der Waals surface area contributed by atoms with Gasteiger partial charge in [-0.3, -0.25) is 4.99 Å². The van der Waals surface area contributed by atoms with Crippen LogP contribution < -0.4 is 5.73 Å². The number of hydrogen-bond acceptors (Lipinski definition) is 4. The number of aliphatic imine (C=N–C) groups is 1. The summed E-state index contributed by atoms with van der Waals surface area (Å²) in [4.78, 5) is 7.08. The molecule has 2 nitrogen and oxygen atoms in total. The fourth-order valence-electron chi connectivity index (χ4n) is 2.07. The Hall–Kier alpha value is -1.26. The van der Waals surface area contributed by atoms with Crippen LogP contribution in [0.3, 0.4) is 0 Å². The Morgan fingerprint density at radius 1 is 1.22 bits per heavy atom. The summed E-state index contributed by atoms with van der Waals surface area (Å²) >= 11 is 3.54. The summed E-state index contributed by atoms with van der Waals surface area (Å²) in [5.74, 6) is 1.70. The average molecular weight is 274 g/mol. The molecule has 3 rings (SSSR count). The molecule has 1 aromatic heterocycles. The van der Waals surface area contributed by atoms with E-state index in [0.29, 0.717) is 5.84 Å². The minimum Gasteiger partial charge on any atom is -0.383 e. The molecular weight excluding hydrogens is 260 g/mol. The smallest absolute Gasteiger partial charge is 0.137 e. The third kappa shape index (κ3) is 2.44. The summed E-state index contributed by atoms with van der Waals surface area (Å²) in [5, 5.41) is 2.08. The van der Waals surface area contributed by atoms with Crippen LogP contribution in [0.25, 0.3) is 0 Å². The van der Waals surface area contributed by atoms with E-state index < -0.39 is 0 Å². The second-order valence-electron chi connectivity index (χ2n) is 4.28. The Morgan fingerprint density at radius 3 is 2.89 bits per heavy atom. The summed E-state index contributed by atoms with van der Waals surface area (Å²) < 4.78 is 0. The van der Waals surface area contributed by atoms with Crippen molar-refractivity contribution in [2.75, 3.05) is 5.75 Å². The number of hydrogen-bond donors (Lipinski definition) is 1. The Kier molecular flexibility index (Phi) is 3.39. The number of fused-ring (bicyclic) bond motifs is 1. The second-order valence-corrected chi connectivity index (χ2v) is 6.26. The maximum Gasteiger partial charge on any atom is 0.137 e. The van der Waals surface area contributed by atoms with Crippen LogP contribution in [-0.2, 0) is 6.42 Å². The van der Waals surface area contributed by atoms with E-state index in [9.17, 15) is 0 Å². The molecule has 1 aromatic carbocycles. The lowest BCUT2D eigenvalue weighted by atomic mass is 10.1. The van der Waals surface area contributed by atoms with E-state index in [1.54, 1.807) is 11.3 Å². The average Bonchev–Trinajstić information content (AvgIpc) is 2.80. The van der Waals surface area contributed by atoms with Crippen LogP contribution in [0.4, 0.5) is 0 Å². The Bertz CT molecular complexity index is 560. The molecule has 2 aromatic rings. The zero-order valence-corrected chi connectivity index (χ0v) is 11.5. The number of thioether (sulfide) groups is 1. The lowest BCUT2D eigenvalue weighted by molar-refractivity contribution is 0.752. The highest BCUT2D eigenvalue weighted by Crippen LogP contribution is 2.31. The van der Waals surface area contributed by atoms with Crippen LogP contribution in [0.5, 0.6) is 0 Å². The molecule has 0 spiro atoms. The first-order chi connectivity index (χ1) is 8.83. The second kappa shape index (κ2) is 5.16. The minimum atomic E-state index is 0.275. The fourth-order valence-corrected chi connectivity index (χ4v) is 4.14. The monoisotopic (exact) mass is 274 g/mol. The fraction of sp³-hybridized carbons (Fsp3) is 0.214. The van der Waals surface area contributed by atoms with Crippen molar-refractivity contribution < 1.29 is 0 Å². The molecule has 1 atom stereocenters. The van der Waals surface area contributed by atoms with Gasteiger partial charge in [-0.25, -0.2) is 0 Å². The Morgan fingerprint density at radius 2 is 2.06 bits per heavy atom. The zero-order valence-electron chi connectivity index (χ0n) is 9.87. The molecule has 2 N–H and O–H groups in total. The van der Waals surface area contributed by atoms with Gasteiger partial charge >= 0.3 is 0 Å². The number of nitrogens with zero attached hydrogens (tertiary/aromatic N) is 1. The van der Waals surface area contributed by atoms with Gasteiger partial charge < -0.3 is 5.73 Å². The lowest BCUT2D eigenvalue weighted by Crippen LogP contribution is -2.18. The third-order valence-electron chi connectivity index (χ3n) is 2.93. The number of benzene rings is 1. The first kappa shape index (κ1) is 11.8. The van der Waals surface area contributed by atoms with Crippen LogP contribution in [0.1, 0.15) is 10.4 Å². The van der Waals surface area contributed by atoms with Gasteiger partial charge in [0.1, 0.15) is 5.84 Å². The molecule has 18 heavy (non-hydrogen) atoms. The van der Waals surface area contributed by atoms with E-state index in [4.69, 9.17) is 5.73 Å². The SMILES string of the molecule is NC1=N[C@@H](Cc2ccccc2)CSc2ccsc21. The van der Waals surface area contributed by atoms with Crippen molar-refractivity contribution in [2.45, 2.75) is 17.4 Å². The van der Waals surface area contributed by atoms with Crippen LogP contribution in [-0.4, -0.2) is 17.6 Å². The third-order valence-corrected chi connectivity index (χ3v) is 5.20. The summed E-state index contributed by atoms with van der Waals surface area (Å²) in [5.41, 5.74) is 7.41. The molecule has 0 bridgehead atoms. The number of nitrogens with two attached hydrogens (primary N) is 1. The maximum atomic E-state index is 6.08. The molecule has 0 radical (unpaired) electrons. The van der Waals surface area contributed by atoms with Gasteiger partial charge in [-0.15, -0.1) is 23.1 Å². The summed E-state index contributed by atoms with van der Waals surface area (Å²) in [6.45, 7) is 0. The normalized spacial score (nSPS) is 18.9. The molecule has 0 unspecified atom stereocenters. The first-order valence-corrected chi connectivity index (χ1v) is 7.77. The topological polar surface area (TPSA) is 38.4 Å². The van der Waals surface area contributed by atoms with Crippen LogP contribution in [0.15, 0.2) is 51.7 Å². The van der Waals surface area contributed by atoms with Crippen molar-refractivity contribution in [3.8, 4) is 0 Å². The largest absolute Gasteiger partial charge is 0.383 e. The Labute approximate surface area is 115 Å². The molecule has 2 heterocycles. The van der Waals surface area contributed by atoms with Gasteiger partial charge in [0.05, 0.1) is 10.9 Å². The molecule has 0 fully saturated rings. The van der Waals surface area contributed by atoms with Crippen LogP contribution in [0.2, 0.25) is 0 Å². The molecule has 92 valence electrons. The van der Waals surface area contributed by atoms with Gasteiger partial charge in [0.15, 0.2) is 0 Å². The quantitative estimate of drug-likeness (QED) is 0.913. The van der Waals surface area contributed by atoms with Gasteiger partial charge in [-0.2, -0.15) is 0 Å². The van der Waals surface area contributed by atoms with Gasteiger partial charge in [0, 0.05) is 10.6 Å². The molecular formula is C14H14N2S2. The predicted octanol–water partition coefficient (Wildman–Crippen LogP) is 3.17. The first-order valence-electron chi connectivity index (χ1n) is 5.91. The van der Waals surface area contributed by atoms with Crippen molar-refractivity contribution >= 4 is 28.9 Å². The predicted molar refractivity (Wildman–Crippen MR) is 79.7 cm³/mol. The van der Waals surface area contributed by atoms with Crippen LogP contribution >= 0.6 is 23.1 Å². The number of rotatable bonds is 2. The van der Waals surface area contributed by atoms with Crippen molar-refractivity contribution in [2.24, 2.45) is 10.7 Å². The zero-order chi connectivity index (χ0) is 12.4. The number of thiophene rings is 1. The van der Waals surface area contributed by atoms with E-state index in [-0.39, 0.29) is 6.04 Å². The van der Waals surface area contributed by atoms with Crippen molar-refractivity contribution in [3.63, 3.8) is 0 Å². The van der Waals surface area contributed by atoms with Gasteiger partial charge in [-0.1, -0.05) is 30.3 Å². The molecule has 0 aliphatic carbocycles. The van der Waals surface area contributed by atoms with E-state index in [1.807, 2.05) is 17.8 Å². The molecule has 0 saturated carbocycles. The van der Waals surface area contributed by atoms with Crippen molar-refractivity contribution in [1.82, 2.24) is 0 Å². The molecule has 1 aliphatic heterocycles. The van der Waals surface area contributed by atoms with Gasteiger partial charge in [0.2, 0.25) is 0 Å². The summed E-state index contributed by atoms with van der Waals surface area (Å²) in [7, 11) is 0. The van der Waals surface area contributed by atoms with E-state index in [1.165, 1.54) is 10.5 Å². The van der Waals surface area contributed by atoms with E-state index >= 15 is 0 Å². The highest BCUT2D eigenvalue weighted by Gasteiger charge is 2.18. The van der Waals surface area contributed by atoms with E-state index in [0.717, 1.165) is 17.1 Å². The van der Waals surface area contributed by atoms with E-state index in [2.05, 4.69) is 40.7 Å². The maximum absolute atomic E-state index is 6.08. The lowest BCUT2D eigenvalue weighted by Gasteiger charge is -2.10. The van der Waals surface area contributed by atoms with Crippen LogP contribution in [0, 0.1) is 0 Å². The van der Waals surface area contributed by atoms with Gasteiger partial charge in [-0.05, 0) is 23.4 Å². The highest BCUT2D eigenvalue weighted by molar-refractivity contribution is 7.99.